The summed E-state index contributed by atoms with van der Waals surface area (Å²) in [7, 11) is 0. The molecule has 6 amide bonds. The summed E-state index contributed by atoms with van der Waals surface area (Å²) in [4.78, 5) is 118. The Labute approximate surface area is 365 Å². The minimum absolute atomic E-state index is 0.00279. The average molecular weight is 884 g/mol. The first-order valence-corrected chi connectivity index (χ1v) is 20.5. The summed E-state index contributed by atoms with van der Waals surface area (Å²) in [5.74, 6) is -12.9. The van der Waals surface area contributed by atoms with E-state index in [-0.39, 0.29) is 30.2 Å². The number of amides is 6. The number of nitrogens with two attached hydrogens (primary N) is 1. The van der Waals surface area contributed by atoms with Gasteiger partial charge in [-0.15, -0.1) is 0 Å². The van der Waals surface area contributed by atoms with Crippen molar-refractivity contribution >= 4 is 53.2 Å². The second-order valence-electron chi connectivity index (χ2n) is 16.7. The van der Waals surface area contributed by atoms with E-state index in [9.17, 15) is 58.5 Å². The zero-order valence-electron chi connectivity index (χ0n) is 36.6. The summed E-state index contributed by atoms with van der Waals surface area (Å²) in [5.41, 5.74) is 6.51. The maximum Gasteiger partial charge on any atom is 0.326 e. The van der Waals surface area contributed by atoms with Gasteiger partial charge in [0.25, 0.3) is 5.91 Å². The maximum atomic E-state index is 14.1. The predicted octanol–water partition coefficient (Wildman–Crippen LogP) is 0.392. The molecule has 2 aromatic carbocycles. The minimum atomic E-state index is -1.81. The van der Waals surface area contributed by atoms with Gasteiger partial charge >= 0.3 is 11.9 Å². The number of hydrogen-bond donors (Lipinski definition) is 11. The number of carbonyl (C=O) groups is 9. The van der Waals surface area contributed by atoms with Gasteiger partial charge in [0.2, 0.25) is 35.3 Å². The number of carboxylic acid groups (broad SMARTS) is 2. The highest BCUT2D eigenvalue weighted by Crippen LogP contribution is 2.26. The van der Waals surface area contributed by atoms with Crippen molar-refractivity contribution in [3.05, 3.63) is 59.7 Å². The van der Waals surface area contributed by atoms with Crippen LogP contribution in [0.2, 0.25) is 0 Å². The van der Waals surface area contributed by atoms with E-state index in [1.807, 2.05) is 0 Å². The highest BCUT2D eigenvalue weighted by molar-refractivity contribution is 6.39. The number of ketones is 1. The molecule has 0 heterocycles. The summed E-state index contributed by atoms with van der Waals surface area (Å²) < 4.78 is 0. The number of carboxylic acids is 2. The second-order valence-corrected chi connectivity index (χ2v) is 16.7. The van der Waals surface area contributed by atoms with Crippen LogP contribution in [0.3, 0.4) is 0 Å². The summed E-state index contributed by atoms with van der Waals surface area (Å²) in [6.45, 7) is 13.0. The number of rotatable bonds is 24. The molecule has 12 N–H and O–H groups in total. The highest BCUT2D eigenvalue weighted by atomic mass is 16.4. The number of benzene rings is 2. The minimum Gasteiger partial charge on any atom is -0.508 e. The fourth-order valence-corrected chi connectivity index (χ4v) is 6.24. The molecular weight excluding hydrogens is 823 g/mol. The summed E-state index contributed by atoms with van der Waals surface area (Å²) in [6.07, 6.45) is -1.16. The summed E-state index contributed by atoms with van der Waals surface area (Å²) in [6, 6.07) is 1.39. The number of Topliss-reactive ketones (excluding diaryl/α,β-unsaturated/α-hetero) is 1. The molecule has 0 saturated heterocycles. The SMILES string of the molecule is CC(C)C[C@H](NC(=O)[C@H](NC(=O)[C@@H](N)C(C)C)c1cc(O)cc(O)c1)C(=O)N[C@@H](Cc1ccccc1)C(=O)C(=O)N[C@H](C(=O)N[C@H](C(=O)N[C@@H](CC(=O)O)C(=O)O)C(C)C)C(C)C. The Morgan fingerprint density at radius 3 is 1.57 bits per heavy atom. The molecule has 346 valence electrons. The Hall–Kier alpha value is -6.57. The maximum absolute atomic E-state index is 14.1. The highest BCUT2D eigenvalue weighted by Gasteiger charge is 2.37. The molecule has 20 heteroatoms. The van der Waals surface area contributed by atoms with E-state index in [0.717, 1.165) is 18.2 Å². The van der Waals surface area contributed by atoms with E-state index in [0.29, 0.717) is 5.56 Å². The fourth-order valence-electron chi connectivity index (χ4n) is 6.24. The van der Waals surface area contributed by atoms with Gasteiger partial charge in [-0.25, -0.2) is 4.79 Å². The van der Waals surface area contributed by atoms with Crippen molar-refractivity contribution < 1.29 is 63.6 Å². The molecule has 2 aromatic rings. The van der Waals surface area contributed by atoms with Crippen LogP contribution in [0.15, 0.2) is 48.5 Å². The number of carbonyl (C=O) groups excluding carboxylic acids is 7. The Kier molecular flexibility index (Phi) is 20.2. The van der Waals surface area contributed by atoms with E-state index >= 15 is 0 Å². The third-order valence-corrected chi connectivity index (χ3v) is 9.78. The molecule has 0 radical (unpaired) electrons. The van der Waals surface area contributed by atoms with Gasteiger partial charge in [0.05, 0.1) is 12.5 Å². The number of phenolic OH excluding ortho intramolecular Hbond substituents is 2. The van der Waals surface area contributed by atoms with E-state index in [4.69, 9.17) is 10.8 Å². The molecule has 0 aliphatic carbocycles. The van der Waals surface area contributed by atoms with Crippen molar-refractivity contribution in [3.63, 3.8) is 0 Å². The third kappa shape index (κ3) is 16.7. The number of phenols is 2. The van der Waals surface area contributed by atoms with E-state index < -0.39 is 125 Å². The lowest BCUT2D eigenvalue weighted by atomic mass is 9.97. The van der Waals surface area contributed by atoms with E-state index in [1.165, 1.54) is 13.8 Å². The average Bonchev–Trinajstić information content (AvgIpc) is 3.18. The van der Waals surface area contributed by atoms with Gasteiger partial charge in [-0.3, -0.25) is 38.4 Å². The first-order chi connectivity index (χ1) is 29.3. The second kappa shape index (κ2) is 24.2. The molecule has 0 unspecified atom stereocenters. The van der Waals surface area contributed by atoms with Crippen molar-refractivity contribution in [2.24, 2.45) is 29.4 Å². The number of nitrogens with one attached hydrogen (secondary N) is 6. The van der Waals surface area contributed by atoms with Gasteiger partial charge in [0, 0.05) is 12.5 Å². The topological polar surface area (TPSA) is 333 Å². The number of aliphatic carboxylic acids is 2. The Morgan fingerprint density at radius 2 is 1.08 bits per heavy atom. The Bertz CT molecular complexity index is 1950. The van der Waals surface area contributed by atoms with Crippen molar-refractivity contribution in [2.45, 2.75) is 117 Å². The molecule has 0 saturated carbocycles. The Balaban J connectivity index is 2.45. The van der Waals surface area contributed by atoms with Gasteiger partial charge < -0.3 is 58.1 Å². The lowest BCUT2D eigenvalue weighted by Gasteiger charge is -2.28. The quantitative estimate of drug-likeness (QED) is 0.0636. The lowest BCUT2D eigenvalue weighted by molar-refractivity contribution is -0.147. The molecule has 7 atom stereocenters. The smallest absolute Gasteiger partial charge is 0.326 e. The monoisotopic (exact) mass is 883 g/mol. The standard InChI is InChI=1S/C43H61N7O13/c1-20(2)14-29(46-41(60)35(50-38(57)32(44)21(3)4)25-16-26(51)18-27(52)17-25)37(56)45-28(15-24-12-10-9-11-13-24)36(55)42(61)49-34(23(7)8)40(59)48-33(22(5)6)39(58)47-30(43(62)63)19-31(53)54/h9-13,16-18,20-23,28-30,32-35,51-52H,14-15,19,44H2,1-8H3,(H,45,56)(H,46,60)(H,47,58)(H,48,59)(H,49,61)(H,50,57)(H,53,54)(H,62,63)/t28-,29-,30-,32-,33-,34-,35+/m0/s1. The summed E-state index contributed by atoms with van der Waals surface area (Å²) >= 11 is 0. The molecule has 0 spiro atoms. The molecule has 0 fully saturated rings. The number of hydrogen-bond acceptors (Lipinski definition) is 12. The van der Waals surface area contributed by atoms with Crippen molar-refractivity contribution in [1.29, 1.82) is 0 Å². The molecular formula is C43H61N7O13. The van der Waals surface area contributed by atoms with Crippen LogP contribution in [0.4, 0.5) is 0 Å². The zero-order valence-corrected chi connectivity index (χ0v) is 36.6. The molecule has 0 aliphatic rings. The first-order valence-electron chi connectivity index (χ1n) is 20.5. The van der Waals surface area contributed by atoms with Crippen LogP contribution in [0, 0.1) is 23.7 Å². The number of aromatic hydroxyl groups is 2. The largest absolute Gasteiger partial charge is 0.508 e. The van der Waals surface area contributed by atoms with E-state index in [1.54, 1.807) is 71.9 Å². The molecule has 63 heavy (non-hydrogen) atoms. The van der Waals surface area contributed by atoms with Crippen LogP contribution in [-0.4, -0.2) is 110 Å². The van der Waals surface area contributed by atoms with Crippen molar-refractivity contribution in [2.75, 3.05) is 0 Å². The fraction of sp³-hybridized carbons (Fsp3) is 0.512. The summed E-state index contributed by atoms with van der Waals surface area (Å²) in [5, 5.41) is 53.5. The molecule has 2 rings (SSSR count). The zero-order chi connectivity index (χ0) is 47.9. The normalized spacial score (nSPS) is 14.6. The molecule has 20 nitrogen and oxygen atoms in total. The lowest BCUT2D eigenvalue weighted by Crippen LogP contribution is -2.60. The molecule has 0 bridgehead atoms. The van der Waals surface area contributed by atoms with Crippen LogP contribution in [0.5, 0.6) is 11.5 Å². The van der Waals surface area contributed by atoms with Crippen molar-refractivity contribution in [1.82, 2.24) is 31.9 Å². The first kappa shape index (κ1) is 52.6. The van der Waals surface area contributed by atoms with Gasteiger partial charge in [0.15, 0.2) is 0 Å². The van der Waals surface area contributed by atoms with Crippen LogP contribution in [0.25, 0.3) is 0 Å². The third-order valence-electron chi connectivity index (χ3n) is 9.78. The van der Waals surface area contributed by atoms with Gasteiger partial charge in [-0.05, 0) is 53.4 Å². The van der Waals surface area contributed by atoms with Crippen LogP contribution in [-0.2, 0) is 49.6 Å². The van der Waals surface area contributed by atoms with Crippen LogP contribution < -0.4 is 37.6 Å². The van der Waals surface area contributed by atoms with Crippen LogP contribution >= 0.6 is 0 Å². The van der Waals surface area contributed by atoms with Crippen LogP contribution in [0.1, 0.15) is 85.4 Å². The van der Waals surface area contributed by atoms with Crippen molar-refractivity contribution in [3.8, 4) is 11.5 Å². The van der Waals surface area contributed by atoms with Gasteiger partial charge in [0.1, 0.15) is 47.8 Å². The van der Waals surface area contributed by atoms with Gasteiger partial charge in [-0.1, -0.05) is 85.7 Å². The van der Waals surface area contributed by atoms with Gasteiger partial charge in [-0.2, -0.15) is 0 Å². The van der Waals surface area contributed by atoms with E-state index in [2.05, 4.69) is 31.9 Å². The molecule has 0 aromatic heterocycles. The predicted molar refractivity (Wildman–Crippen MR) is 227 cm³/mol. The molecule has 0 aliphatic heterocycles. The Morgan fingerprint density at radius 1 is 0.571 bits per heavy atom.